The summed E-state index contributed by atoms with van der Waals surface area (Å²) in [6.07, 6.45) is 1.20. The number of nitrogens with one attached hydrogen (secondary N) is 1. The number of hydrogen-bond acceptors (Lipinski definition) is 8. The molecule has 1 aliphatic rings. The molecule has 1 atom stereocenters. The van der Waals surface area contributed by atoms with Crippen molar-refractivity contribution < 1.29 is 17.7 Å². The van der Waals surface area contributed by atoms with E-state index in [1.807, 2.05) is 11.4 Å². The normalized spacial score (nSPS) is 17.9. The number of thiophene rings is 1. The van der Waals surface area contributed by atoms with Gasteiger partial charge in [-0.3, -0.25) is 4.79 Å². The van der Waals surface area contributed by atoms with Gasteiger partial charge in [-0.25, -0.2) is 13.4 Å². The van der Waals surface area contributed by atoms with Crippen molar-refractivity contribution in [2.24, 2.45) is 5.92 Å². The molecule has 0 saturated carbocycles. The minimum absolute atomic E-state index is 0.0859. The fourth-order valence-electron chi connectivity index (χ4n) is 3.45. The van der Waals surface area contributed by atoms with Gasteiger partial charge in [-0.05, 0) is 38.8 Å². The molecular weight excluding hydrogens is 468 g/mol. The van der Waals surface area contributed by atoms with Gasteiger partial charge in [0.05, 0.1) is 20.8 Å². The van der Waals surface area contributed by atoms with Crippen molar-refractivity contribution in [3.05, 3.63) is 33.3 Å². The van der Waals surface area contributed by atoms with Crippen LogP contribution in [0.2, 0.25) is 4.34 Å². The molecule has 3 aromatic rings. The topological polar surface area (TPSA) is 105 Å². The van der Waals surface area contributed by atoms with E-state index in [0.717, 1.165) is 10.6 Å². The molecule has 1 aliphatic heterocycles. The number of piperidine rings is 1. The lowest BCUT2D eigenvalue weighted by Crippen LogP contribution is -2.43. The molecule has 0 radical (unpaired) electrons. The maximum atomic E-state index is 13.1. The second-order valence-electron chi connectivity index (χ2n) is 6.99. The summed E-state index contributed by atoms with van der Waals surface area (Å²) >= 11 is 8.71. The summed E-state index contributed by atoms with van der Waals surface area (Å²) < 4.78 is 33.1. The zero-order valence-corrected chi connectivity index (χ0v) is 19.4. The van der Waals surface area contributed by atoms with E-state index in [1.165, 1.54) is 27.0 Å². The first kappa shape index (κ1) is 21.4. The van der Waals surface area contributed by atoms with Gasteiger partial charge in [-0.1, -0.05) is 16.8 Å². The molecule has 1 saturated heterocycles. The molecule has 0 aliphatic carbocycles. The maximum Gasteiger partial charge on any atom is 0.248 e. The van der Waals surface area contributed by atoms with Crippen LogP contribution in [0.25, 0.3) is 10.6 Å². The fourth-order valence-corrected chi connectivity index (χ4v) is 7.06. The first-order valence-electron chi connectivity index (χ1n) is 9.21. The minimum atomic E-state index is -3.78. The van der Waals surface area contributed by atoms with Gasteiger partial charge in [0.1, 0.15) is 10.6 Å². The molecule has 8 nitrogen and oxygen atoms in total. The number of aryl methyl sites for hydroxylation is 2. The number of hydrogen-bond donors (Lipinski definition) is 1. The smallest absolute Gasteiger partial charge is 0.248 e. The number of amides is 1. The number of sulfonamides is 1. The summed E-state index contributed by atoms with van der Waals surface area (Å²) in [7, 11) is -3.78. The number of thiazole rings is 1. The fraction of sp³-hybridized carbons (Fsp3) is 0.389. The Bertz CT molecular complexity index is 1160. The largest absolute Gasteiger partial charge is 0.360 e. The molecule has 160 valence electrons. The Morgan fingerprint density at radius 3 is 2.83 bits per heavy atom. The van der Waals surface area contributed by atoms with E-state index in [0.29, 0.717) is 34.5 Å². The summed E-state index contributed by atoms with van der Waals surface area (Å²) in [4.78, 5) is 18.2. The molecular formula is C18H19ClN4O4S3. The molecule has 12 heteroatoms. The van der Waals surface area contributed by atoms with E-state index in [2.05, 4.69) is 15.5 Å². The summed E-state index contributed by atoms with van der Waals surface area (Å²) in [5, 5.41) is 8.90. The average molecular weight is 487 g/mol. The van der Waals surface area contributed by atoms with Crippen molar-refractivity contribution in [1.29, 1.82) is 0 Å². The van der Waals surface area contributed by atoms with Gasteiger partial charge in [-0.15, -0.1) is 22.7 Å². The monoisotopic (exact) mass is 486 g/mol. The van der Waals surface area contributed by atoms with Crippen LogP contribution in [0.4, 0.5) is 5.13 Å². The average Bonchev–Trinajstić information content (AvgIpc) is 3.42. The lowest BCUT2D eigenvalue weighted by atomic mass is 9.99. The van der Waals surface area contributed by atoms with Crippen LogP contribution in [-0.4, -0.2) is 41.9 Å². The van der Waals surface area contributed by atoms with Gasteiger partial charge in [0.15, 0.2) is 10.9 Å². The molecule has 4 rings (SSSR count). The van der Waals surface area contributed by atoms with Gasteiger partial charge in [0, 0.05) is 18.5 Å². The SMILES string of the molecule is Cc1noc(C)c1S(=O)(=O)N1CCCC(C(=O)Nc2nc(-c3ccc(Cl)s3)cs2)C1. The maximum absolute atomic E-state index is 13.1. The first-order valence-corrected chi connectivity index (χ1v) is 12.7. The van der Waals surface area contributed by atoms with Crippen molar-refractivity contribution >= 4 is 55.3 Å². The van der Waals surface area contributed by atoms with Crippen molar-refractivity contribution in [3.63, 3.8) is 0 Å². The number of anilines is 1. The van der Waals surface area contributed by atoms with Crippen LogP contribution in [0, 0.1) is 19.8 Å². The lowest BCUT2D eigenvalue weighted by Gasteiger charge is -2.30. The van der Waals surface area contributed by atoms with E-state index >= 15 is 0 Å². The van der Waals surface area contributed by atoms with Crippen LogP contribution >= 0.6 is 34.3 Å². The van der Waals surface area contributed by atoms with Gasteiger partial charge in [-0.2, -0.15) is 4.31 Å². The highest BCUT2D eigenvalue weighted by molar-refractivity contribution is 7.89. The molecule has 3 aromatic heterocycles. The van der Waals surface area contributed by atoms with E-state index in [9.17, 15) is 13.2 Å². The van der Waals surface area contributed by atoms with Gasteiger partial charge in [0.2, 0.25) is 15.9 Å². The van der Waals surface area contributed by atoms with Crippen LogP contribution in [0.1, 0.15) is 24.3 Å². The van der Waals surface area contributed by atoms with Crippen LogP contribution < -0.4 is 5.32 Å². The summed E-state index contributed by atoms with van der Waals surface area (Å²) in [5.41, 5.74) is 1.07. The molecule has 1 N–H and O–H groups in total. The van der Waals surface area contributed by atoms with E-state index < -0.39 is 15.9 Å². The summed E-state index contributed by atoms with van der Waals surface area (Å²) in [6, 6.07) is 3.68. The quantitative estimate of drug-likeness (QED) is 0.580. The first-order chi connectivity index (χ1) is 14.3. The summed E-state index contributed by atoms with van der Waals surface area (Å²) in [6.45, 7) is 3.63. The Balaban J connectivity index is 1.46. The summed E-state index contributed by atoms with van der Waals surface area (Å²) in [5.74, 6) is -0.445. The van der Waals surface area contributed by atoms with Crippen LogP contribution in [0.5, 0.6) is 0 Å². The lowest BCUT2D eigenvalue weighted by molar-refractivity contribution is -0.120. The number of rotatable bonds is 5. The zero-order chi connectivity index (χ0) is 21.5. The number of carbonyl (C=O) groups excluding carboxylic acids is 1. The third kappa shape index (κ3) is 4.17. The Hall–Kier alpha value is -1.79. The van der Waals surface area contributed by atoms with E-state index in [-0.39, 0.29) is 23.1 Å². The second-order valence-corrected chi connectivity index (χ2v) is 11.4. The number of halogens is 1. The Labute approximate surface area is 186 Å². The predicted octanol–water partition coefficient (Wildman–Crippen LogP) is 4.17. The van der Waals surface area contributed by atoms with Crippen molar-refractivity contribution in [2.75, 3.05) is 18.4 Å². The standard InChI is InChI=1S/C18H19ClN4O4S3/c1-10-16(11(2)27-22-10)30(25,26)23-7-3-4-12(8-23)17(24)21-18-20-13(9-28-18)14-5-6-15(19)29-14/h5-6,9,12H,3-4,7-8H2,1-2H3,(H,20,21,24). The molecule has 4 heterocycles. The molecule has 30 heavy (non-hydrogen) atoms. The van der Waals surface area contributed by atoms with E-state index in [4.69, 9.17) is 16.1 Å². The number of aromatic nitrogens is 2. The van der Waals surface area contributed by atoms with Crippen LogP contribution in [0.15, 0.2) is 26.9 Å². The van der Waals surface area contributed by atoms with Crippen molar-refractivity contribution in [3.8, 4) is 10.6 Å². The Kier molecular flexibility index (Phi) is 5.99. The second kappa shape index (κ2) is 8.39. The van der Waals surface area contributed by atoms with Crippen LogP contribution in [0.3, 0.4) is 0 Å². The Morgan fingerprint density at radius 1 is 1.37 bits per heavy atom. The van der Waals surface area contributed by atoms with Crippen LogP contribution in [-0.2, 0) is 14.8 Å². The van der Waals surface area contributed by atoms with Crippen molar-refractivity contribution in [1.82, 2.24) is 14.4 Å². The molecule has 0 spiro atoms. The highest BCUT2D eigenvalue weighted by Crippen LogP contribution is 2.33. The highest BCUT2D eigenvalue weighted by atomic mass is 35.5. The molecule has 0 bridgehead atoms. The molecule has 1 unspecified atom stereocenters. The van der Waals surface area contributed by atoms with E-state index in [1.54, 1.807) is 19.9 Å². The van der Waals surface area contributed by atoms with Gasteiger partial charge < -0.3 is 9.84 Å². The van der Waals surface area contributed by atoms with Gasteiger partial charge in [0.25, 0.3) is 0 Å². The third-order valence-electron chi connectivity index (χ3n) is 4.88. The molecule has 1 fully saturated rings. The zero-order valence-electron chi connectivity index (χ0n) is 16.2. The molecule has 1 amide bonds. The van der Waals surface area contributed by atoms with Crippen molar-refractivity contribution in [2.45, 2.75) is 31.6 Å². The molecule has 0 aromatic carbocycles. The number of nitrogens with zero attached hydrogens (tertiary/aromatic N) is 3. The van der Waals surface area contributed by atoms with Gasteiger partial charge >= 0.3 is 0 Å². The number of carbonyl (C=O) groups is 1. The highest BCUT2D eigenvalue weighted by Gasteiger charge is 2.36. The third-order valence-corrected chi connectivity index (χ3v) is 9.00. The minimum Gasteiger partial charge on any atom is -0.360 e. The Morgan fingerprint density at radius 2 is 2.17 bits per heavy atom. The predicted molar refractivity (Wildman–Crippen MR) is 117 cm³/mol.